The molecule has 7 heteroatoms. The summed E-state index contributed by atoms with van der Waals surface area (Å²) in [4.78, 5) is 0. The highest BCUT2D eigenvalue weighted by atomic mass is 19.1. The molecule has 1 heterocycles. The number of halogens is 1. The first-order chi connectivity index (χ1) is 15.0. The quantitative estimate of drug-likeness (QED) is 0.468. The van der Waals surface area contributed by atoms with Crippen LogP contribution in [0.25, 0.3) is 22.9 Å². The molecule has 0 saturated carbocycles. The van der Waals surface area contributed by atoms with E-state index >= 15 is 0 Å². The molecule has 3 aromatic carbocycles. The zero-order valence-electron chi connectivity index (χ0n) is 16.5. The molecule has 0 aliphatic carbocycles. The van der Waals surface area contributed by atoms with Crippen LogP contribution in [-0.4, -0.2) is 57.7 Å². The minimum atomic E-state index is -1.54. The summed E-state index contributed by atoms with van der Waals surface area (Å²) in [6.45, 7) is -0.547. The summed E-state index contributed by atoms with van der Waals surface area (Å²) in [5.74, 6) is 0.00846. The zero-order chi connectivity index (χ0) is 22.0. The van der Waals surface area contributed by atoms with Crippen LogP contribution in [0.2, 0.25) is 0 Å². The Kier molecular flexibility index (Phi) is 6.31. The van der Waals surface area contributed by atoms with Gasteiger partial charge in [0.05, 0.1) is 6.61 Å². The summed E-state index contributed by atoms with van der Waals surface area (Å²) < 4.78 is 24.9. The molecule has 5 atom stereocenters. The number of rotatable bonds is 5. The summed E-state index contributed by atoms with van der Waals surface area (Å²) in [5.41, 5.74) is 1.30. The van der Waals surface area contributed by atoms with Crippen molar-refractivity contribution in [1.82, 2.24) is 0 Å². The third-order valence-corrected chi connectivity index (χ3v) is 5.27. The average molecular weight is 426 g/mol. The second-order valence-corrected chi connectivity index (χ2v) is 7.44. The third-order valence-electron chi connectivity index (χ3n) is 5.27. The molecule has 3 aromatic rings. The Morgan fingerprint density at radius 1 is 0.871 bits per heavy atom. The van der Waals surface area contributed by atoms with Crippen molar-refractivity contribution in [2.45, 2.75) is 30.7 Å². The van der Waals surface area contributed by atoms with Gasteiger partial charge in [-0.2, -0.15) is 0 Å². The van der Waals surface area contributed by atoms with Gasteiger partial charge in [0.1, 0.15) is 36.0 Å². The van der Waals surface area contributed by atoms with Gasteiger partial charge in [0, 0.05) is 5.56 Å². The van der Waals surface area contributed by atoms with Crippen LogP contribution < -0.4 is 4.74 Å². The number of fused-ring (bicyclic) bond motifs is 1. The molecule has 0 aromatic heterocycles. The molecule has 1 aliphatic rings. The molecule has 1 unspecified atom stereocenters. The maximum Gasteiger partial charge on any atom is 0.229 e. The number of aliphatic hydroxyl groups is 4. The van der Waals surface area contributed by atoms with Crippen molar-refractivity contribution >= 4 is 22.9 Å². The number of benzene rings is 3. The van der Waals surface area contributed by atoms with E-state index in [1.807, 2.05) is 30.3 Å². The fourth-order valence-electron chi connectivity index (χ4n) is 3.56. The molecule has 1 saturated heterocycles. The van der Waals surface area contributed by atoms with E-state index in [1.54, 1.807) is 30.4 Å². The van der Waals surface area contributed by atoms with Gasteiger partial charge in [0.15, 0.2) is 0 Å². The predicted molar refractivity (Wildman–Crippen MR) is 114 cm³/mol. The van der Waals surface area contributed by atoms with Crippen LogP contribution >= 0.6 is 0 Å². The topological polar surface area (TPSA) is 99.4 Å². The molecule has 6 nitrogen and oxygen atoms in total. The SMILES string of the molecule is OC[C@H]1OC(Oc2cc3ccccc3cc2/C=C/c2cccc(F)c2)[C@H](O)[C@@H](O)[C@@H]1O. The molecule has 0 radical (unpaired) electrons. The maximum atomic E-state index is 13.5. The van der Waals surface area contributed by atoms with Crippen LogP contribution in [0.3, 0.4) is 0 Å². The highest BCUT2D eigenvalue weighted by Gasteiger charge is 2.44. The summed E-state index contributed by atoms with van der Waals surface area (Å²) in [5, 5.41) is 41.6. The van der Waals surface area contributed by atoms with Crippen LogP contribution in [0.15, 0.2) is 60.7 Å². The fourth-order valence-corrected chi connectivity index (χ4v) is 3.56. The second-order valence-electron chi connectivity index (χ2n) is 7.44. The van der Waals surface area contributed by atoms with Crippen LogP contribution in [0.4, 0.5) is 4.39 Å². The molecule has 1 fully saturated rings. The average Bonchev–Trinajstić information content (AvgIpc) is 2.78. The first kappa shape index (κ1) is 21.4. The van der Waals surface area contributed by atoms with Gasteiger partial charge in [-0.1, -0.05) is 48.6 Å². The van der Waals surface area contributed by atoms with E-state index in [-0.39, 0.29) is 5.82 Å². The van der Waals surface area contributed by atoms with Gasteiger partial charge in [0.25, 0.3) is 0 Å². The summed E-state index contributed by atoms with van der Waals surface area (Å²) >= 11 is 0. The lowest BCUT2D eigenvalue weighted by atomic mass is 9.99. The Bertz CT molecular complexity index is 1080. The largest absolute Gasteiger partial charge is 0.461 e. The summed E-state index contributed by atoms with van der Waals surface area (Å²) in [6, 6.07) is 17.4. The van der Waals surface area contributed by atoms with Crippen molar-refractivity contribution in [2.24, 2.45) is 0 Å². The number of hydrogen-bond acceptors (Lipinski definition) is 6. The molecule has 0 amide bonds. The normalized spacial score (nSPS) is 26.4. The minimum Gasteiger partial charge on any atom is -0.461 e. The van der Waals surface area contributed by atoms with Gasteiger partial charge in [-0.15, -0.1) is 0 Å². The van der Waals surface area contributed by atoms with E-state index in [4.69, 9.17) is 9.47 Å². The Morgan fingerprint density at radius 2 is 1.61 bits per heavy atom. The smallest absolute Gasteiger partial charge is 0.229 e. The van der Waals surface area contributed by atoms with Gasteiger partial charge < -0.3 is 29.9 Å². The Labute approximate surface area is 178 Å². The van der Waals surface area contributed by atoms with E-state index in [0.717, 1.165) is 10.8 Å². The van der Waals surface area contributed by atoms with Crippen molar-refractivity contribution < 1.29 is 34.3 Å². The minimum absolute atomic E-state index is 0.349. The third kappa shape index (κ3) is 4.61. The van der Waals surface area contributed by atoms with Crippen molar-refractivity contribution in [1.29, 1.82) is 0 Å². The van der Waals surface area contributed by atoms with Crippen LogP contribution in [0.1, 0.15) is 11.1 Å². The van der Waals surface area contributed by atoms with Crippen molar-refractivity contribution in [3.05, 3.63) is 77.6 Å². The monoisotopic (exact) mass is 426 g/mol. The lowest BCUT2D eigenvalue weighted by Gasteiger charge is -2.39. The van der Waals surface area contributed by atoms with Gasteiger partial charge in [0.2, 0.25) is 6.29 Å². The fraction of sp³-hybridized carbons (Fsp3) is 0.250. The zero-order valence-corrected chi connectivity index (χ0v) is 16.5. The Morgan fingerprint density at radius 3 is 2.32 bits per heavy atom. The lowest BCUT2D eigenvalue weighted by Crippen LogP contribution is -2.60. The lowest BCUT2D eigenvalue weighted by molar-refractivity contribution is -0.277. The predicted octanol–water partition coefficient (Wildman–Crippen LogP) is 2.33. The molecule has 31 heavy (non-hydrogen) atoms. The molecular formula is C24H23FO6. The first-order valence-electron chi connectivity index (χ1n) is 9.90. The van der Waals surface area contributed by atoms with E-state index in [9.17, 15) is 24.8 Å². The standard InChI is InChI=1S/C24H23FO6/c25-18-7-3-4-14(10-18)8-9-17-11-15-5-1-2-6-16(15)12-19(17)30-24-23(29)22(28)21(27)20(13-26)31-24/h1-12,20-24,26-29H,13H2/b9-8+/t20-,21-,22+,23-,24?/m1/s1. The van der Waals surface area contributed by atoms with E-state index < -0.39 is 37.3 Å². The highest BCUT2D eigenvalue weighted by molar-refractivity contribution is 5.88. The summed E-state index contributed by atoms with van der Waals surface area (Å²) in [6.07, 6.45) is -3.43. The van der Waals surface area contributed by atoms with Gasteiger partial charge in [-0.25, -0.2) is 4.39 Å². The Hall–Kier alpha value is -2.81. The van der Waals surface area contributed by atoms with Crippen LogP contribution in [-0.2, 0) is 4.74 Å². The molecule has 162 valence electrons. The van der Waals surface area contributed by atoms with Crippen LogP contribution in [0.5, 0.6) is 5.75 Å². The summed E-state index contributed by atoms with van der Waals surface area (Å²) in [7, 11) is 0. The van der Waals surface area contributed by atoms with Crippen molar-refractivity contribution in [3.63, 3.8) is 0 Å². The number of ether oxygens (including phenoxy) is 2. The van der Waals surface area contributed by atoms with Crippen LogP contribution in [0, 0.1) is 5.82 Å². The maximum absolute atomic E-state index is 13.5. The number of aliphatic hydroxyl groups excluding tert-OH is 4. The van der Waals surface area contributed by atoms with E-state index in [2.05, 4.69) is 0 Å². The van der Waals surface area contributed by atoms with E-state index in [1.165, 1.54) is 12.1 Å². The molecule has 1 aliphatic heterocycles. The molecule has 0 spiro atoms. The molecule has 4 rings (SSSR count). The molecule has 0 bridgehead atoms. The molecule has 4 N–H and O–H groups in total. The molecular weight excluding hydrogens is 403 g/mol. The van der Waals surface area contributed by atoms with Crippen molar-refractivity contribution in [2.75, 3.05) is 6.61 Å². The second kappa shape index (κ2) is 9.13. The number of hydrogen-bond donors (Lipinski definition) is 4. The highest BCUT2D eigenvalue weighted by Crippen LogP contribution is 2.31. The van der Waals surface area contributed by atoms with Gasteiger partial charge >= 0.3 is 0 Å². The first-order valence-corrected chi connectivity index (χ1v) is 9.90. The Balaban J connectivity index is 1.69. The van der Waals surface area contributed by atoms with Gasteiger partial charge in [-0.05, 0) is 40.6 Å². The van der Waals surface area contributed by atoms with Crippen molar-refractivity contribution in [3.8, 4) is 5.75 Å². The van der Waals surface area contributed by atoms with E-state index in [0.29, 0.717) is 16.9 Å². The van der Waals surface area contributed by atoms with Gasteiger partial charge in [-0.3, -0.25) is 0 Å².